The molecule has 0 N–H and O–H groups in total. The van der Waals surface area contributed by atoms with E-state index in [2.05, 4.69) is 4.74 Å². The van der Waals surface area contributed by atoms with Crippen LogP contribution in [0.25, 0.3) is 0 Å². The monoisotopic (exact) mass is 221 g/mol. The van der Waals surface area contributed by atoms with Crippen molar-refractivity contribution in [2.75, 3.05) is 18.6 Å². The summed E-state index contributed by atoms with van der Waals surface area (Å²) in [4.78, 5) is 23.9. The Morgan fingerprint density at radius 1 is 1.25 bits per heavy atom. The first kappa shape index (κ1) is 12.2. The Morgan fingerprint density at radius 2 is 1.88 bits per heavy atom. The molecule has 0 saturated heterocycles. The summed E-state index contributed by atoms with van der Waals surface area (Å²) in [6.45, 7) is 1.84. The average Bonchev–Trinajstić information content (AvgIpc) is 2.30. The first-order valence-electron chi connectivity index (χ1n) is 5.05. The molecule has 16 heavy (non-hydrogen) atoms. The molecule has 0 aliphatic heterocycles. The molecule has 1 rings (SSSR count). The fraction of sp³-hybridized carbons (Fsp3) is 0.333. The lowest BCUT2D eigenvalue weighted by Gasteiger charge is -2.20. The summed E-state index contributed by atoms with van der Waals surface area (Å²) in [6, 6.07) is 9.14. The summed E-state index contributed by atoms with van der Waals surface area (Å²) in [5.41, 5.74) is 0.732. The summed E-state index contributed by atoms with van der Waals surface area (Å²) in [5.74, 6) is 0.0461. The van der Waals surface area contributed by atoms with Crippen LogP contribution in [0.2, 0.25) is 0 Å². The smallest absolute Gasteiger partial charge is 0.414 e. The van der Waals surface area contributed by atoms with Gasteiger partial charge < -0.3 is 4.74 Å². The van der Waals surface area contributed by atoms with E-state index in [1.807, 2.05) is 18.2 Å². The number of carbonyl (C=O) groups excluding carboxylic acids is 2. The van der Waals surface area contributed by atoms with Gasteiger partial charge in [-0.05, 0) is 19.1 Å². The lowest BCUT2D eigenvalue weighted by molar-refractivity contribution is -0.116. The number of rotatable bonds is 4. The summed E-state index contributed by atoms with van der Waals surface area (Å²) < 4.78 is 4.67. The minimum Gasteiger partial charge on any atom is -0.452 e. The normalized spacial score (nSPS) is 9.62. The van der Waals surface area contributed by atoms with Crippen molar-refractivity contribution in [3.05, 3.63) is 30.3 Å². The second-order valence-corrected chi connectivity index (χ2v) is 3.41. The number of benzene rings is 1. The maximum Gasteiger partial charge on any atom is 0.414 e. The molecule has 0 atom stereocenters. The first-order chi connectivity index (χ1) is 7.65. The molecule has 1 amide bonds. The lowest BCUT2D eigenvalue weighted by Crippen LogP contribution is -2.32. The van der Waals surface area contributed by atoms with Gasteiger partial charge in [-0.2, -0.15) is 0 Å². The van der Waals surface area contributed by atoms with Gasteiger partial charge in [0.1, 0.15) is 5.78 Å². The number of Topliss-reactive ketones (excluding diaryl/α,β-unsaturated/α-hetero) is 1. The minimum absolute atomic E-state index is 0.0461. The highest BCUT2D eigenvalue weighted by Gasteiger charge is 2.15. The number of hydrogen-bond donors (Lipinski definition) is 0. The van der Waals surface area contributed by atoms with E-state index in [0.29, 0.717) is 13.0 Å². The highest BCUT2D eigenvalue weighted by atomic mass is 16.5. The number of methoxy groups -OCH3 is 1. The number of hydrogen-bond acceptors (Lipinski definition) is 3. The van der Waals surface area contributed by atoms with Crippen molar-refractivity contribution in [1.29, 1.82) is 0 Å². The summed E-state index contributed by atoms with van der Waals surface area (Å²) in [6.07, 6.45) is -0.128. The number of ketones is 1. The highest BCUT2D eigenvalue weighted by Crippen LogP contribution is 2.14. The van der Waals surface area contributed by atoms with Gasteiger partial charge in [0.15, 0.2) is 0 Å². The Hall–Kier alpha value is -1.84. The molecule has 0 aliphatic carbocycles. The van der Waals surface area contributed by atoms with E-state index in [0.717, 1.165) is 5.69 Å². The third-order valence-corrected chi connectivity index (χ3v) is 2.15. The van der Waals surface area contributed by atoms with E-state index in [4.69, 9.17) is 0 Å². The van der Waals surface area contributed by atoms with E-state index in [9.17, 15) is 9.59 Å². The van der Waals surface area contributed by atoms with Crippen LogP contribution in [0.1, 0.15) is 13.3 Å². The van der Waals surface area contributed by atoms with E-state index in [1.54, 1.807) is 12.1 Å². The maximum atomic E-state index is 11.5. The van der Waals surface area contributed by atoms with Crippen LogP contribution >= 0.6 is 0 Å². The van der Waals surface area contributed by atoms with Gasteiger partial charge in [0, 0.05) is 18.7 Å². The third kappa shape index (κ3) is 3.38. The molecule has 0 heterocycles. The molecule has 0 saturated carbocycles. The van der Waals surface area contributed by atoms with Crippen molar-refractivity contribution in [1.82, 2.24) is 0 Å². The van der Waals surface area contributed by atoms with Crippen molar-refractivity contribution in [2.45, 2.75) is 13.3 Å². The van der Waals surface area contributed by atoms with E-state index in [1.165, 1.54) is 18.9 Å². The van der Waals surface area contributed by atoms with E-state index >= 15 is 0 Å². The van der Waals surface area contributed by atoms with Gasteiger partial charge in [0.05, 0.1) is 7.11 Å². The van der Waals surface area contributed by atoms with Crippen molar-refractivity contribution in [2.24, 2.45) is 0 Å². The SMILES string of the molecule is COC(=O)N(CCC(C)=O)c1ccccc1. The Kier molecular flexibility index (Phi) is 4.51. The van der Waals surface area contributed by atoms with E-state index in [-0.39, 0.29) is 5.78 Å². The third-order valence-electron chi connectivity index (χ3n) is 2.15. The fourth-order valence-electron chi connectivity index (χ4n) is 1.31. The molecule has 86 valence electrons. The van der Waals surface area contributed by atoms with Crippen LogP contribution in [0.15, 0.2) is 30.3 Å². The zero-order chi connectivity index (χ0) is 12.0. The minimum atomic E-state index is -0.451. The predicted octanol–water partition coefficient (Wildman–Crippen LogP) is 2.24. The van der Waals surface area contributed by atoms with Crippen molar-refractivity contribution in [3.8, 4) is 0 Å². The zero-order valence-electron chi connectivity index (χ0n) is 9.47. The number of amides is 1. The molecule has 4 heteroatoms. The summed E-state index contributed by atoms with van der Waals surface area (Å²) >= 11 is 0. The Bertz CT molecular complexity index is 362. The molecular weight excluding hydrogens is 206 g/mol. The van der Waals surface area contributed by atoms with Crippen LogP contribution < -0.4 is 4.90 Å². The van der Waals surface area contributed by atoms with Gasteiger partial charge in [0.25, 0.3) is 0 Å². The molecule has 0 aromatic heterocycles. The van der Waals surface area contributed by atoms with Gasteiger partial charge in [-0.3, -0.25) is 9.69 Å². The van der Waals surface area contributed by atoms with Crippen LogP contribution in [0.5, 0.6) is 0 Å². The first-order valence-corrected chi connectivity index (χ1v) is 5.05. The van der Waals surface area contributed by atoms with Gasteiger partial charge in [-0.25, -0.2) is 4.79 Å². The quantitative estimate of drug-likeness (QED) is 0.783. The zero-order valence-corrected chi connectivity index (χ0v) is 9.47. The van der Waals surface area contributed by atoms with Crippen LogP contribution in [0, 0.1) is 0 Å². The largest absolute Gasteiger partial charge is 0.452 e. The van der Waals surface area contributed by atoms with Gasteiger partial charge in [-0.1, -0.05) is 18.2 Å². The van der Waals surface area contributed by atoms with Crippen LogP contribution in [0.4, 0.5) is 10.5 Å². The molecule has 0 unspecified atom stereocenters. The van der Waals surface area contributed by atoms with Crippen molar-refractivity contribution >= 4 is 17.6 Å². The van der Waals surface area contributed by atoms with Crippen molar-refractivity contribution < 1.29 is 14.3 Å². The number of ether oxygens (including phenoxy) is 1. The molecule has 0 aliphatic rings. The molecule has 1 aromatic rings. The molecule has 0 fully saturated rings. The maximum absolute atomic E-state index is 11.5. The van der Waals surface area contributed by atoms with Gasteiger partial charge in [-0.15, -0.1) is 0 Å². The topological polar surface area (TPSA) is 46.6 Å². The molecule has 4 nitrogen and oxygen atoms in total. The molecule has 0 bridgehead atoms. The Balaban J connectivity index is 2.79. The average molecular weight is 221 g/mol. The van der Waals surface area contributed by atoms with Crippen LogP contribution in [-0.4, -0.2) is 25.5 Å². The number of nitrogens with zero attached hydrogens (tertiary/aromatic N) is 1. The van der Waals surface area contributed by atoms with Gasteiger partial charge >= 0.3 is 6.09 Å². The van der Waals surface area contributed by atoms with Crippen LogP contribution in [-0.2, 0) is 9.53 Å². The predicted molar refractivity (Wildman–Crippen MR) is 61.5 cm³/mol. The lowest BCUT2D eigenvalue weighted by atomic mass is 10.2. The summed E-state index contributed by atoms with van der Waals surface area (Å²) in [7, 11) is 1.33. The highest BCUT2D eigenvalue weighted by molar-refractivity contribution is 5.88. The molecule has 0 radical (unpaired) electrons. The summed E-state index contributed by atoms with van der Waals surface area (Å²) in [5, 5.41) is 0. The fourth-order valence-corrected chi connectivity index (χ4v) is 1.31. The number of para-hydroxylation sites is 1. The second kappa shape index (κ2) is 5.90. The standard InChI is InChI=1S/C12H15NO3/c1-10(14)8-9-13(12(15)16-2)11-6-4-3-5-7-11/h3-7H,8-9H2,1-2H3. The van der Waals surface area contributed by atoms with E-state index < -0.39 is 6.09 Å². The Morgan fingerprint density at radius 3 is 2.38 bits per heavy atom. The Labute approximate surface area is 94.8 Å². The second-order valence-electron chi connectivity index (χ2n) is 3.41. The number of anilines is 1. The van der Waals surface area contributed by atoms with Crippen LogP contribution in [0.3, 0.4) is 0 Å². The number of carbonyl (C=O) groups is 2. The van der Waals surface area contributed by atoms with Crippen molar-refractivity contribution in [3.63, 3.8) is 0 Å². The van der Waals surface area contributed by atoms with Gasteiger partial charge in [0.2, 0.25) is 0 Å². The molecular formula is C12H15NO3. The molecule has 0 spiro atoms. The molecule has 1 aromatic carbocycles.